The van der Waals surface area contributed by atoms with Crippen LogP contribution in [0.15, 0.2) is 48.7 Å². The Morgan fingerprint density at radius 1 is 1.09 bits per heavy atom. The molecule has 1 aliphatic heterocycles. The van der Waals surface area contributed by atoms with Gasteiger partial charge in [0.1, 0.15) is 5.75 Å². The second kappa shape index (κ2) is 11.4. The number of ether oxygens (including phenoxy) is 2. The monoisotopic (exact) mass is 454 g/mol. The summed E-state index contributed by atoms with van der Waals surface area (Å²) in [6, 6.07) is 12.2. The third-order valence-corrected chi connectivity index (χ3v) is 5.48. The first-order valence-corrected chi connectivity index (χ1v) is 10.9. The average molecular weight is 455 g/mol. The molecule has 33 heavy (non-hydrogen) atoms. The molecule has 0 aromatic heterocycles. The molecule has 8 heteroatoms. The molecule has 2 aromatic carbocycles. The van der Waals surface area contributed by atoms with Gasteiger partial charge in [-0.2, -0.15) is 0 Å². The molecule has 0 radical (unpaired) electrons. The number of anilines is 1. The Bertz CT molecular complexity index is 1000. The number of hydrogen-bond donors (Lipinski definition) is 2. The lowest BCUT2D eigenvalue weighted by atomic mass is 9.86. The molecule has 0 saturated heterocycles. The summed E-state index contributed by atoms with van der Waals surface area (Å²) in [6.45, 7) is 8.02. The van der Waals surface area contributed by atoms with Crippen molar-refractivity contribution < 1.29 is 19.1 Å². The lowest BCUT2D eigenvalue weighted by Gasteiger charge is -2.42. The van der Waals surface area contributed by atoms with Gasteiger partial charge in [0.25, 0.3) is 0 Å². The van der Waals surface area contributed by atoms with Crippen molar-refractivity contribution in [2.24, 2.45) is 17.5 Å². The molecule has 2 atom stereocenters. The predicted octanol–water partition coefficient (Wildman–Crippen LogP) is 3.68. The van der Waals surface area contributed by atoms with E-state index in [0.29, 0.717) is 17.8 Å². The summed E-state index contributed by atoms with van der Waals surface area (Å²) in [4.78, 5) is 26.0. The molecule has 0 fully saturated rings. The van der Waals surface area contributed by atoms with E-state index in [1.165, 1.54) is 14.0 Å². The van der Waals surface area contributed by atoms with E-state index in [9.17, 15) is 9.59 Å². The highest BCUT2D eigenvalue weighted by molar-refractivity contribution is 5.95. The number of esters is 1. The molecular formula is C25H34N4O4. The molecule has 1 heterocycles. The van der Waals surface area contributed by atoms with Gasteiger partial charge in [0.15, 0.2) is 0 Å². The number of fused-ring (bicyclic) bond motifs is 1. The van der Waals surface area contributed by atoms with Crippen LogP contribution in [-0.2, 0) is 9.53 Å². The van der Waals surface area contributed by atoms with Gasteiger partial charge in [-0.1, -0.05) is 20.8 Å². The maximum atomic E-state index is 12.2. The van der Waals surface area contributed by atoms with Crippen molar-refractivity contribution in [2.75, 3.05) is 25.7 Å². The predicted molar refractivity (Wildman–Crippen MR) is 130 cm³/mol. The molecule has 178 valence electrons. The van der Waals surface area contributed by atoms with Crippen LogP contribution >= 0.6 is 0 Å². The summed E-state index contributed by atoms with van der Waals surface area (Å²) < 4.78 is 10.0. The average Bonchev–Trinajstić information content (AvgIpc) is 2.83. The molecule has 1 amide bonds. The fraction of sp³-hybridized carbons (Fsp3) is 0.360. The Morgan fingerprint density at radius 3 is 2.24 bits per heavy atom. The number of rotatable bonds is 5. The van der Waals surface area contributed by atoms with Crippen LogP contribution in [0.25, 0.3) is 5.70 Å². The van der Waals surface area contributed by atoms with E-state index in [1.807, 2.05) is 45.0 Å². The van der Waals surface area contributed by atoms with E-state index in [4.69, 9.17) is 21.1 Å². The highest BCUT2D eigenvalue weighted by Gasteiger charge is 2.35. The van der Waals surface area contributed by atoms with Gasteiger partial charge in [-0.3, -0.25) is 4.79 Å². The van der Waals surface area contributed by atoms with E-state index in [-0.39, 0.29) is 17.9 Å². The van der Waals surface area contributed by atoms with Crippen LogP contribution in [0.3, 0.4) is 0 Å². The highest BCUT2D eigenvalue weighted by Crippen LogP contribution is 2.40. The topological polar surface area (TPSA) is 111 Å². The summed E-state index contributed by atoms with van der Waals surface area (Å²) >= 11 is 0. The van der Waals surface area contributed by atoms with E-state index < -0.39 is 5.97 Å². The molecular weight excluding hydrogens is 420 g/mol. The van der Waals surface area contributed by atoms with E-state index in [0.717, 1.165) is 22.6 Å². The fourth-order valence-electron chi connectivity index (χ4n) is 3.93. The van der Waals surface area contributed by atoms with Gasteiger partial charge < -0.3 is 25.1 Å². The molecule has 0 aliphatic carbocycles. The number of hydrazine groups is 1. The molecule has 1 unspecified atom stereocenters. The first kappa shape index (κ1) is 25.7. The molecule has 1 aliphatic rings. The van der Waals surface area contributed by atoms with E-state index in [2.05, 4.69) is 0 Å². The Hall–Kier alpha value is -3.52. The summed E-state index contributed by atoms with van der Waals surface area (Å²) in [5, 5.41) is 1.54. The van der Waals surface area contributed by atoms with E-state index >= 15 is 0 Å². The van der Waals surface area contributed by atoms with Crippen molar-refractivity contribution >= 4 is 23.3 Å². The van der Waals surface area contributed by atoms with Crippen molar-refractivity contribution in [1.29, 1.82) is 0 Å². The Balaban J connectivity index is 0.00000187. The standard InChI is InChI=1S/C23H28N4O4.C2H6/c1-14-12-26(15(2)28)21-10-7-17(23(29)31-4)11-19(21)22(14)27(25)13-20(24)16-5-8-18(30-3)9-6-16;1-2/h5-11,13-14,22H,12,24-25H2,1-4H3;1-2H3/b20-13-;/t14-,22?;/m1./s1. The summed E-state index contributed by atoms with van der Waals surface area (Å²) in [7, 11) is 2.93. The van der Waals surface area contributed by atoms with Crippen molar-refractivity contribution in [3.63, 3.8) is 0 Å². The van der Waals surface area contributed by atoms with Gasteiger partial charge in [0.05, 0.1) is 31.5 Å². The molecule has 0 saturated carbocycles. The van der Waals surface area contributed by atoms with Gasteiger partial charge >= 0.3 is 5.97 Å². The minimum atomic E-state index is -0.453. The van der Waals surface area contributed by atoms with Crippen LogP contribution in [-0.4, -0.2) is 37.6 Å². The fourth-order valence-corrected chi connectivity index (χ4v) is 3.93. The summed E-state index contributed by atoms with van der Waals surface area (Å²) in [5.41, 5.74) is 9.45. The third-order valence-electron chi connectivity index (χ3n) is 5.48. The zero-order valence-electron chi connectivity index (χ0n) is 20.2. The van der Waals surface area contributed by atoms with Crippen LogP contribution < -0.4 is 21.2 Å². The number of methoxy groups -OCH3 is 2. The zero-order chi connectivity index (χ0) is 24.7. The molecule has 3 rings (SSSR count). The van der Waals surface area contributed by atoms with Crippen LogP contribution in [0.1, 0.15) is 55.2 Å². The Kier molecular flexibility index (Phi) is 8.87. The first-order valence-electron chi connectivity index (χ1n) is 10.9. The largest absolute Gasteiger partial charge is 0.497 e. The maximum absolute atomic E-state index is 12.2. The lowest BCUT2D eigenvalue weighted by Crippen LogP contribution is -2.46. The minimum absolute atomic E-state index is 0.0192. The first-order chi connectivity index (χ1) is 15.8. The number of amides is 1. The van der Waals surface area contributed by atoms with Crippen LogP contribution in [0.4, 0.5) is 5.69 Å². The number of hydrogen-bond acceptors (Lipinski definition) is 7. The minimum Gasteiger partial charge on any atom is -0.497 e. The maximum Gasteiger partial charge on any atom is 0.337 e. The number of carbonyl (C=O) groups is 2. The van der Waals surface area contributed by atoms with Gasteiger partial charge in [-0.25, -0.2) is 10.6 Å². The Labute approximate surface area is 195 Å². The van der Waals surface area contributed by atoms with Gasteiger partial charge in [0.2, 0.25) is 5.91 Å². The quantitative estimate of drug-likeness (QED) is 0.403. The van der Waals surface area contributed by atoms with Gasteiger partial charge in [-0.15, -0.1) is 0 Å². The number of carbonyl (C=O) groups excluding carboxylic acids is 2. The third kappa shape index (κ3) is 5.64. The molecule has 8 nitrogen and oxygen atoms in total. The van der Waals surface area contributed by atoms with Gasteiger partial charge in [0, 0.05) is 36.8 Å². The molecule has 0 bridgehead atoms. The smallest absolute Gasteiger partial charge is 0.337 e. The van der Waals surface area contributed by atoms with E-state index in [1.54, 1.807) is 41.4 Å². The molecule has 2 aromatic rings. The number of benzene rings is 2. The zero-order valence-corrected chi connectivity index (χ0v) is 20.2. The number of nitrogens with zero attached hydrogens (tertiary/aromatic N) is 2. The second-order valence-corrected chi connectivity index (χ2v) is 7.58. The highest BCUT2D eigenvalue weighted by atomic mass is 16.5. The number of nitrogens with two attached hydrogens (primary N) is 2. The summed E-state index contributed by atoms with van der Waals surface area (Å²) in [5.74, 6) is 6.65. The SMILES string of the molecule is CC.COC(=O)c1ccc2c(c1)C(N(N)/C=C(\N)c1ccc(OC)cc1)[C@H](C)CN2C(C)=O. The van der Waals surface area contributed by atoms with Crippen molar-refractivity contribution in [1.82, 2.24) is 5.01 Å². The Morgan fingerprint density at radius 2 is 1.70 bits per heavy atom. The second-order valence-electron chi connectivity index (χ2n) is 7.58. The lowest BCUT2D eigenvalue weighted by molar-refractivity contribution is -0.116. The molecule has 0 spiro atoms. The summed E-state index contributed by atoms with van der Waals surface area (Å²) in [6.07, 6.45) is 1.67. The molecule has 4 N–H and O–H groups in total. The van der Waals surface area contributed by atoms with Crippen molar-refractivity contribution in [2.45, 2.75) is 33.7 Å². The van der Waals surface area contributed by atoms with Crippen LogP contribution in [0.5, 0.6) is 5.75 Å². The normalized spacial score (nSPS) is 17.3. The van der Waals surface area contributed by atoms with Crippen molar-refractivity contribution in [3.8, 4) is 5.75 Å². The van der Waals surface area contributed by atoms with Crippen LogP contribution in [0, 0.1) is 5.92 Å². The van der Waals surface area contributed by atoms with Gasteiger partial charge in [-0.05, 0) is 48.0 Å². The van der Waals surface area contributed by atoms with Crippen molar-refractivity contribution in [3.05, 3.63) is 65.4 Å². The van der Waals surface area contributed by atoms with Crippen LogP contribution in [0.2, 0.25) is 0 Å².